The molecule has 9 heteroatoms. The summed E-state index contributed by atoms with van der Waals surface area (Å²) in [6.07, 6.45) is 2.18. The molecule has 0 bridgehead atoms. The van der Waals surface area contributed by atoms with Crippen molar-refractivity contribution in [1.29, 1.82) is 0 Å². The van der Waals surface area contributed by atoms with Gasteiger partial charge in [-0.2, -0.15) is 0 Å². The lowest BCUT2D eigenvalue weighted by Gasteiger charge is -2.18. The van der Waals surface area contributed by atoms with E-state index in [2.05, 4.69) is 10.3 Å². The molecule has 0 saturated carbocycles. The Balaban J connectivity index is 1.37. The number of anilines is 2. The van der Waals surface area contributed by atoms with Crippen molar-refractivity contribution < 1.29 is 18.3 Å². The number of hydrogen-bond acceptors (Lipinski definition) is 6. The fourth-order valence-corrected chi connectivity index (χ4v) is 5.91. The third-order valence-electron chi connectivity index (χ3n) is 4.77. The summed E-state index contributed by atoms with van der Waals surface area (Å²) < 4.78 is 26.6. The first-order chi connectivity index (χ1) is 13.9. The van der Waals surface area contributed by atoms with Crippen molar-refractivity contribution in [3.05, 3.63) is 47.5 Å². The van der Waals surface area contributed by atoms with Crippen LogP contribution in [-0.2, 0) is 21.2 Å². The van der Waals surface area contributed by atoms with E-state index in [4.69, 9.17) is 0 Å². The van der Waals surface area contributed by atoms with Gasteiger partial charge < -0.3 is 10.4 Å². The van der Waals surface area contributed by atoms with Gasteiger partial charge in [0.25, 0.3) is 0 Å². The van der Waals surface area contributed by atoms with E-state index >= 15 is 0 Å². The molecule has 1 saturated heterocycles. The minimum absolute atomic E-state index is 0.0927. The number of nitrogens with one attached hydrogen (secondary N) is 1. The molecule has 4 rings (SSSR count). The fraction of sp³-hybridized carbons (Fsp3) is 0.300. The zero-order chi connectivity index (χ0) is 20.4. The van der Waals surface area contributed by atoms with Crippen molar-refractivity contribution in [1.82, 2.24) is 4.98 Å². The van der Waals surface area contributed by atoms with Gasteiger partial charge in [0.1, 0.15) is 5.75 Å². The number of fused-ring (bicyclic) bond motifs is 1. The summed E-state index contributed by atoms with van der Waals surface area (Å²) in [6.45, 7) is 0.405. The largest absolute Gasteiger partial charge is 0.506 e. The highest BCUT2D eigenvalue weighted by atomic mass is 32.2. The van der Waals surface area contributed by atoms with E-state index in [1.807, 2.05) is 24.3 Å². The highest BCUT2D eigenvalue weighted by Gasteiger charge is 2.28. The van der Waals surface area contributed by atoms with Crippen molar-refractivity contribution in [3.8, 4) is 5.75 Å². The molecule has 0 atom stereocenters. The number of carbonyl (C=O) groups excluding carboxylic acids is 1. The van der Waals surface area contributed by atoms with Crippen LogP contribution in [0.4, 0.5) is 11.4 Å². The third-order valence-corrected chi connectivity index (χ3v) is 7.74. The molecule has 0 spiro atoms. The Morgan fingerprint density at radius 1 is 1.24 bits per heavy atom. The standard InChI is InChI=1S/C20H21N3O4S2/c24-17-10-9-14(23-11-4-12-29(23,26)27)13-16(17)21-19(25)7-3-8-20-22-15-5-1-2-6-18(15)28-20/h1-2,5-6,9-10,13,24H,3-4,7-8,11-12H2,(H,21,25). The molecule has 152 valence electrons. The van der Waals surface area contributed by atoms with Gasteiger partial charge in [0.15, 0.2) is 0 Å². The monoisotopic (exact) mass is 431 g/mol. The number of nitrogens with zero attached hydrogens (tertiary/aromatic N) is 2. The van der Waals surface area contributed by atoms with Crippen LogP contribution in [0.15, 0.2) is 42.5 Å². The first kappa shape index (κ1) is 19.7. The molecule has 3 aromatic rings. The van der Waals surface area contributed by atoms with Crippen LogP contribution in [-0.4, -0.2) is 36.7 Å². The Kier molecular flexibility index (Phi) is 5.42. The summed E-state index contributed by atoms with van der Waals surface area (Å²) in [5.41, 5.74) is 1.63. The van der Waals surface area contributed by atoms with Gasteiger partial charge in [-0.1, -0.05) is 12.1 Å². The second-order valence-corrected chi connectivity index (χ2v) is 10.0. The average Bonchev–Trinajstić information content (AvgIpc) is 3.25. The molecule has 1 aliphatic rings. The second kappa shape index (κ2) is 8.00. The first-order valence-corrected chi connectivity index (χ1v) is 11.8. The number of aromatic nitrogens is 1. The fourth-order valence-electron chi connectivity index (χ4n) is 3.35. The Bertz CT molecular complexity index is 1120. The Morgan fingerprint density at radius 2 is 2.07 bits per heavy atom. The first-order valence-electron chi connectivity index (χ1n) is 9.40. The lowest BCUT2D eigenvalue weighted by atomic mass is 10.2. The van der Waals surface area contributed by atoms with Gasteiger partial charge in [-0.05, 0) is 49.6 Å². The van der Waals surface area contributed by atoms with Crippen molar-refractivity contribution in [2.45, 2.75) is 25.7 Å². The quantitative estimate of drug-likeness (QED) is 0.582. The lowest BCUT2D eigenvalue weighted by molar-refractivity contribution is -0.116. The molecule has 1 amide bonds. The van der Waals surface area contributed by atoms with Gasteiger partial charge in [-0.15, -0.1) is 11.3 Å². The Morgan fingerprint density at radius 3 is 2.83 bits per heavy atom. The molecule has 1 aliphatic heterocycles. The number of phenols is 1. The molecule has 2 heterocycles. The molecular weight excluding hydrogens is 410 g/mol. The van der Waals surface area contributed by atoms with E-state index < -0.39 is 10.0 Å². The van der Waals surface area contributed by atoms with Gasteiger partial charge in [-0.25, -0.2) is 13.4 Å². The van der Waals surface area contributed by atoms with E-state index in [1.54, 1.807) is 17.4 Å². The molecular formula is C20H21N3O4S2. The number of hydrogen-bond donors (Lipinski definition) is 2. The summed E-state index contributed by atoms with van der Waals surface area (Å²) in [7, 11) is -3.32. The van der Waals surface area contributed by atoms with Crippen LogP contribution in [0.25, 0.3) is 10.2 Å². The maximum absolute atomic E-state index is 12.3. The normalized spacial score (nSPS) is 15.7. The van der Waals surface area contributed by atoms with Gasteiger partial charge >= 0.3 is 0 Å². The number of thiazole rings is 1. The van der Waals surface area contributed by atoms with E-state index in [1.165, 1.54) is 16.4 Å². The lowest BCUT2D eigenvalue weighted by Crippen LogP contribution is -2.25. The SMILES string of the molecule is O=C(CCCc1nc2ccccc2s1)Nc1cc(N2CCCS2(=O)=O)ccc1O. The van der Waals surface area contributed by atoms with Crippen LogP contribution in [0.5, 0.6) is 5.75 Å². The van der Waals surface area contributed by atoms with Gasteiger partial charge in [0.05, 0.1) is 32.4 Å². The molecule has 0 unspecified atom stereocenters. The Hall–Kier alpha value is -2.65. The number of aromatic hydroxyl groups is 1. The number of para-hydroxylation sites is 1. The number of amides is 1. The maximum atomic E-state index is 12.3. The van der Waals surface area contributed by atoms with Crippen LogP contribution < -0.4 is 9.62 Å². The van der Waals surface area contributed by atoms with Gasteiger partial charge in [0.2, 0.25) is 15.9 Å². The third kappa shape index (κ3) is 4.35. The van der Waals surface area contributed by atoms with Crippen LogP contribution in [0.2, 0.25) is 0 Å². The minimum Gasteiger partial charge on any atom is -0.506 e. The zero-order valence-electron chi connectivity index (χ0n) is 15.7. The summed E-state index contributed by atoms with van der Waals surface area (Å²) in [5.74, 6) is -0.214. The van der Waals surface area contributed by atoms with E-state index in [0.717, 1.165) is 15.2 Å². The number of carbonyl (C=O) groups is 1. The zero-order valence-corrected chi connectivity index (χ0v) is 17.3. The van der Waals surface area contributed by atoms with Crippen LogP contribution in [0.3, 0.4) is 0 Å². The number of rotatable bonds is 6. The molecule has 0 radical (unpaired) electrons. The highest BCUT2D eigenvalue weighted by molar-refractivity contribution is 7.93. The van der Waals surface area contributed by atoms with Gasteiger partial charge in [-0.3, -0.25) is 9.10 Å². The van der Waals surface area contributed by atoms with Gasteiger partial charge in [0, 0.05) is 13.0 Å². The van der Waals surface area contributed by atoms with Crippen LogP contribution in [0, 0.1) is 0 Å². The highest BCUT2D eigenvalue weighted by Crippen LogP contribution is 2.32. The van der Waals surface area contributed by atoms with E-state index in [9.17, 15) is 18.3 Å². The predicted octanol–water partition coefficient (Wildman–Crippen LogP) is 3.50. The average molecular weight is 432 g/mol. The van der Waals surface area contributed by atoms with Crippen LogP contribution in [0.1, 0.15) is 24.3 Å². The van der Waals surface area contributed by atoms with Crippen LogP contribution >= 0.6 is 11.3 Å². The van der Waals surface area contributed by atoms with E-state index in [-0.39, 0.29) is 29.5 Å². The molecule has 29 heavy (non-hydrogen) atoms. The van der Waals surface area contributed by atoms with Crippen molar-refractivity contribution in [2.75, 3.05) is 21.9 Å². The molecule has 1 aromatic heterocycles. The minimum atomic E-state index is -3.32. The molecule has 0 aliphatic carbocycles. The summed E-state index contributed by atoms with van der Waals surface area (Å²) in [6, 6.07) is 12.4. The smallest absolute Gasteiger partial charge is 0.235 e. The maximum Gasteiger partial charge on any atom is 0.235 e. The predicted molar refractivity (Wildman–Crippen MR) is 115 cm³/mol. The summed E-state index contributed by atoms with van der Waals surface area (Å²) >= 11 is 1.63. The number of aryl methyl sites for hydroxylation is 1. The molecule has 2 aromatic carbocycles. The number of phenolic OH excluding ortho intramolecular Hbond substituents is 1. The van der Waals surface area contributed by atoms with Crippen molar-refractivity contribution >= 4 is 48.9 Å². The second-order valence-electron chi connectivity index (χ2n) is 6.92. The number of sulfonamides is 1. The van der Waals surface area contributed by atoms with Crippen molar-refractivity contribution in [2.24, 2.45) is 0 Å². The molecule has 2 N–H and O–H groups in total. The topological polar surface area (TPSA) is 99.6 Å². The van der Waals surface area contributed by atoms with E-state index in [0.29, 0.717) is 31.5 Å². The molecule has 1 fully saturated rings. The summed E-state index contributed by atoms with van der Waals surface area (Å²) in [5, 5.41) is 13.7. The molecule has 7 nitrogen and oxygen atoms in total. The number of benzene rings is 2. The summed E-state index contributed by atoms with van der Waals surface area (Å²) in [4.78, 5) is 16.9. The van der Waals surface area contributed by atoms with Crippen molar-refractivity contribution in [3.63, 3.8) is 0 Å². The Labute approximate surface area is 173 Å².